The van der Waals surface area contributed by atoms with Crippen LogP contribution in [0.25, 0.3) is 0 Å². The molecule has 2 amide bonds. The summed E-state index contributed by atoms with van der Waals surface area (Å²) in [5, 5.41) is 3.71. The predicted octanol–water partition coefficient (Wildman–Crippen LogP) is 7.71. The molecule has 0 heterocycles. The van der Waals surface area contributed by atoms with Crippen molar-refractivity contribution in [1.82, 2.24) is 10.2 Å². The monoisotopic (exact) mass is 699 g/mol. The molecule has 0 radical (unpaired) electrons. The average Bonchev–Trinajstić information content (AvgIpc) is 2.99. The summed E-state index contributed by atoms with van der Waals surface area (Å²) in [5.74, 6) is -1.04. The van der Waals surface area contributed by atoms with Crippen LogP contribution in [-0.4, -0.2) is 43.3 Å². The van der Waals surface area contributed by atoms with E-state index >= 15 is 0 Å². The standard InChI is InChI=1S/C35H36Cl3N3O4S/c1-24-14-17-28(18-15-24)46(44,45)41(31-21-27(36)16-19-30(31)38)23-33(42)40(22-26-12-8-9-13-29(26)37)32(34(43)39-35(2,3)4)20-25-10-6-5-7-11-25/h5-19,21,32H,20,22-23H2,1-4H3,(H,39,43). The molecular formula is C35H36Cl3N3O4S. The topological polar surface area (TPSA) is 86.8 Å². The van der Waals surface area contributed by atoms with Gasteiger partial charge in [0.05, 0.1) is 15.6 Å². The minimum absolute atomic E-state index is 0.0273. The summed E-state index contributed by atoms with van der Waals surface area (Å²) in [6, 6.07) is 26.0. The van der Waals surface area contributed by atoms with Gasteiger partial charge < -0.3 is 10.2 Å². The highest BCUT2D eigenvalue weighted by molar-refractivity contribution is 7.92. The lowest BCUT2D eigenvalue weighted by Crippen LogP contribution is -2.56. The number of carbonyl (C=O) groups is 2. The Morgan fingerprint density at radius 3 is 2.09 bits per heavy atom. The number of hydrogen-bond acceptors (Lipinski definition) is 4. The molecular weight excluding hydrogens is 665 g/mol. The lowest BCUT2D eigenvalue weighted by Gasteiger charge is -2.35. The van der Waals surface area contributed by atoms with Crippen LogP contribution in [0.3, 0.4) is 0 Å². The number of aryl methyl sites for hydroxylation is 1. The Morgan fingerprint density at radius 2 is 1.46 bits per heavy atom. The van der Waals surface area contributed by atoms with Crippen LogP contribution in [0.4, 0.5) is 5.69 Å². The molecule has 1 atom stereocenters. The number of anilines is 1. The van der Waals surface area contributed by atoms with Crippen molar-refractivity contribution in [2.75, 3.05) is 10.8 Å². The van der Waals surface area contributed by atoms with Gasteiger partial charge in [-0.15, -0.1) is 0 Å². The third kappa shape index (κ3) is 9.04. The molecule has 7 nitrogen and oxygen atoms in total. The molecule has 1 unspecified atom stereocenters. The molecule has 4 aromatic rings. The van der Waals surface area contributed by atoms with Gasteiger partial charge >= 0.3 is 0 Å². The van der Waals surface area contributed by atoms with E-state index in [-0.39, 0.29) is 33.6 Å². The first kappa shape index (κ1) is 35.3. The van der Waals surface area contributed by atoms with E-state index in [9.17, 15) is 18.0 Å². The summed E-state index contributed by atoms with van der Waals surface area (Å²) in [5.41, 5.74) is 1.69. The lowest BCUT2D eigenvalue weighted by molar-refractivity contribution is -0.140. The molecule has 4 aromatic carbocycles. The van der Waals surface area contributed by atoms with Gasteiger partial charge in [0.25, 0.3) is 10.0 Å². The molecule has 0 aliphatic heterocycles. The van der Waals surface area contributed by atoms with Crippen molar-refractivity contribution in [3.63, 3.8) is 0 Å². The molecule has 0 saturated carbocycles. The van der Waals surface area contributed by atoms with Crippen molar-refractivity contribution in [1.29, 1.82) is 0 Å². The fraction of sp³-hybridized carbons (Fsp3) is 0.257. The first-order valence-corrected chi connectivity index (χ1v) is 17.2. The molecule has 1 N–H and O–H groups in total. The van der Waals surface area contributed by atoms with Crippen molar-refractivity contribution in [2.24, 2.45) is 0 Å². The Labute approximate surface area is 286 Å². The number of nitrogens with one attached hydrogen (secondary N) is 1. The molecule has 0 aliphatic rings. The molecule has 46 heavy (non-hydrogen) atoms. The number of nitrogens with zero attached hydrogens (tertiary/aromatic N) is 2. The number of carbonyl (C=O) groups excluding carboxylic acids is 2. The summed E-state index contributed by atoms with van der Waals surface area (Å²) in [7, 11) is -4.34. The summed E-state index contributed by atoms with van der Waals surface area (Å²) in [6.07, 6.45) is 0.168. The van der Waals surface area contributed by atoms with Crippen LogP contribution in [-0.2, 0) is 32.6 Å². The molecule has 0 saturated heterocycles. The molecule has 0 fully saturated rings. The van der Waals surface area contributed by atoms with E-state index in [1.54, 1.807) is 36.4 Å². The Bertz CT molecular complexity index is 1790. The first-order valence-electron chi connectivity index (χ1n) is 14.6. The van der Waals surface area contributed by atoms with Gasteiger partial charge in [0.15, 0.2) is 0 Å². The van der Waals surface area contributed by atoms with E-state index in [1.807, 2.05) is 58.0 Å². The second-order valence-corrected chi connectivity index (χ2v) is 15.1. The zero-order chi connectivity index (χ0) is 33.6. The normalized spacial score (nSPS) is 12.3. The number of sulfonamides is 1. The molecule has 0 aliphatic carbocycles. The second-order valence-electron chi connectivity index (χ2n) is 12.0. The summed E-state index contributed by atoms with van der Waals surface area (Å²) < 4.78 is 29.4. The van der Waals surface area contributed by atoms with Gasteiger partial charge in [-0.25, -0.2) is 8.42 Å². The highest BCUT2D eigenvalue weighted by Crippen LogP contribution is 2.33. The zero-order valence-corrected chi connectivity index (χ0v) is 29.1. The minimum atomic E-state index is -4.34. The van der Waals surface area contributed by atoms with Gasteiger partial charge in [0, 0.05) is 28.5 Å². The van der Waals surface area contributed by atoms with E-state index in [0.717, 1.165) is 15.4 Å². The van der Waals surface area contributed by atoms with Gasteiger partial charge in [-0.3, -0.25) is 13.9 Å². The SMILES string of the molecule is Cc1ccc(S(=O)(=O)N(CC(=O)N(Cc2ccccc2Cl)C(Cc2ccccc2)C(=O)NC(C)(C)C)c2cc(Cl)ccc2Cl)cc1. The largest absolute Gasteiger partial charge is 0.350 e. The highest BCUT2D eigenvalue weighted by atomic mass is 35.5. The summed E-state index contributed by atoms with van der Waals surface area (Å²) in [6.45, 7) is 6.66. The van der Waals surface area contributed by atoms with Crippen LogP contribution < -0.4 is 9.62 Å². The van der Waals surface area contributed by atoms with Crippen molar-refractivity contribution in [2.45, 2.75) is 57.1 Å². The Morgan fingerprint density at radius 1 is 0.826 bits per heavy atom. The Kier molecular flexibility index (Phi) is 11.4. The molecule has 242 valence electrons. The smallest absolute Gasteiger partial charge is 0.264 e. The molecule has 0 aromatic heterocycles. The summed E-state index contributed by atoms with van der Waals surface area (Å²) in [4.78, 5) is 29.9. The van der Waals surface area contributed by atoms with Crippen molar-refractivity contribution >= 4 is 62.3 Å². The minimum Gasteiger partial charge on any atom is -0.350 e. The fourth-order valence-electron chi connectivity index (χ4n) is 4.84. The maximum absolute atomic E-state index is 14.6. The number of halogens is 3. The number of benzene rings is 4. The van der Waals surface area contributed by atoms with E-state index in [4.69, 9.17) is 34.8 Å². The number of hydrogen-bond donors (Lipinski definition) is 1. The van der Waals surface area contributed by atoms with Crippen LogP contribution in [0.2, 0.25) is 15.1 Å². The van der Waals surface area contributed by atoms with Crippen LogP contribution in [0, 0.1) is 6.92 Å². The van der Waals surface area contributed by atoms with Crippen molar-refractivity contribution < 1.29 is 18.0 Å². The fourth-order valence-corrected chi connectivity index (χ4v) is 6.90. The quantitative estimate of drug-likeness (QED) is 0.174. The van der Waals surface area contributed by atoms with E-state index in [1.165, 1.54) is 35.2 Å². The Balaban J connectivity index is 1.86. The van der Waals surface area contributed by atoms with Crippen molar-refractivity contribution in [3.05, 3.63) is 129 Å². The lowest BCUT2D eigenvalue weighted by atomic mass is 10.0. The van der Waals surface area contributed by atoms with Crippen LogP contribution in [0.1, 0.15) is 37.5 Å². The van der Waals surface area contributed by atoms with Crippen LogP contribution in [0.5, 0.6) is 0 Å². The molecule has 4 rings (SSSR count). The van der Waals surface area contributed by atoms with Gasteiger partial charge in [0.2, 0.25) is 11.8 Å². The Hall–Kier alpha value is -3.56. The molecule has 0 bridgehead atoms. The highest BCUT2D eigenvalue weighted by Gasteiger charge is 2.36. The maximum Gasteiger partial charge on any atom is 0.264 e. The van der Waals surface area contributed by atoms with Gasteiger partial charge in [-0.2, -0.15) is 0 Å². The molecule has 11 heteroatoms. The van der Waals surface area contributed by atoms with Crippen LogP contribution in [0.15, 0.2) is 102 Å². The summed E-state index contributed by atoms with van der Waals surface area (Å²) >= 11 is 19.4. The van der Waals surface area contributed by atoms with E-state index in [0.29, 0.717) is 10.6 Å². The third-order valence-electron chi connectivity index (χ3n) is 7.13. The van der Waals surface area contributed by atoms with Gasteiger partial charge in [-0.1, -0.05) is 101 Å². The van der Waals surface area contributed by atoms with E-state index in [2.05, 4.69) is 5.32 Å². The first-order chi connectivity index (χ1) is 21.7. The molecule has 0 spiro atoms. The second kappa shape index (κ2) is 14.9. The maximum atomic E-state index is 14.6. The van der Waals surface area contributed by atoms with Gasteiger partial charge in [-0.05, 0) is 75.2 Å². The predicted molar refractivity (Wildman–Crippen MR) is 186 cm³/mol. The third-order valence-corrected chi connectivity index (χ3v) is 9.83. The zero-order valence-electron chi connectivity index (χ0n) is 26.0. The number of amides is 2. The van der Waals surface area contributed by atoms with Crippen LogP contribution >= 0.6 is 34.8 Å². The van der Waals surface area contributed by atoms with E-state index < -0.39 is 40.0 Å². The van der Waals surface area contributed by atoms with Gasteiger partial charge in [0.1, 0.15) is 12.6 Å². The van der Waals surface area contributed by atoms with Crippen molar-refractivity contribution in [3.8, 4) is 0 Å². The average molecular weight is 701 g/mol. The number of rotatable bonds is 11.